The minimum atomic E-state index is 0. The Labute approximate surface area is 90.9 Å². The molecule has 0 atom stereocenters. The van der Waals surface area contributed by atoms with E-state index in [9.17, 15) is 0 Å². The summed E-state index contributed by atoms with van der Waals surface area (Å²) in [6.45, 7) is 11.5. The summed E-state index contributed by atoms with van der Waals surface area (Å²) in [6, 6.07) is 0. The molecule has 0 bridgehead atoms. The van der Waals surface area contributed by atoms with E-state index in [0.717, 1.165) is 6.54 Å². The maximum absolute atomic E-state index is 3.17. The van der Waals surface area contributed by atoms with Crippen molar-refractivity contribution in [3.63, 3.8) is 0 Å². The van der Waals surface area contributed by atoms with Crippen LogP contribution in [-0.2, 0) is 0 Å². The van der Waals surface area contributed by atoms with Crippen LogP contribution in [0.4, 0.5) is 0 Å². The third-order valence-electron chi connectivity index (χ3n) is 2.27. The number of hydrogen-bond donors (Lipinski definition) is 1. The van der Waals surface area contributed by atoms with Crippen LogP contribution in [0.3, 0.4) is 0 Å². The van der Waals surface area contributed by atoms with Crippen molar-refractivity contribution in [3.8, 4) is 0 Å². The summed E-state index contributed by atoms with van der Waals surface area (Å²) in [5.74, 6) is 0. The Kier molecular flexibility index (Phi) is 9.35. The van der Waals surface area contributed by atoms with Crippen molar-refractivity contribution in [2.24, 2.45) is 0 Å². The highest BCUT2D eigenvalue weighted by molar-refractivity contribution is 4.69. The van der Waals surface area contributed by atoms with Gasteiger partial charge in [-0.2, -0.15) is 0 Å². The van der Waals surface area contributed by atoms with E-state index in [1.807, 2.05) is 7.05 Å². The molecule has 0 aliphatic carbocycles. The van der Waals surface area contributed by atoms with Crippen molar-refractivity contribution in [2.75, 3.05) is 53.4 Å². The van der Waals surface area contributed by atoms with Gasteiger partial charge >= 0.3 is 0 Å². The number of rotatable bonds is 3. The van der Waals surface area contributed by atoms with Crippen LogP contribution in [0.25, 0.3) is 0 Å². The Bertz CT molecular complexity index is 112. The molecule has 0 amide bonds. The van der Waals surface area contributed by atoms with Crippen LogP contribution in [0.2, 0.25) is 0 Å². The summed E-state index contributed by atoms with van der Waals surface area (Å²) >= 11 is 0. The summed E-state index contributed by atoms with van der Waals surface area (Å²) in [5.41, 5.74) is 0. The molecule has 1 N–H and O–H groups in total. The summed E-state index contributed by atoms with van der Waals surface area (Å²) in [7, 11) is 4.20. The Morgan fingerprint density at radius 3 is 2.07 bits per heavy atom. The topological polar surface area (TPSA) is 18.5 Å². The van der Waals surface area contributed by atoms with Gasteiger partial charge in [0.1, 0.15) is 0 Å². The minimum Gasteiger partial charge on any atom is -0.318 e. The first-order valence-corrected chi connectivity index (χ1v) is 5.80. The molecule has 1 heterocycles. The fraction of sp³-hybridized carbons (Fsp3) is 1.00. The first-order chi connectivity index (χ1) is 6.74. The van der Waals surface area contributed by atoms with Crippen molar-refractivity contribution in [1.29, 1.82) is 0 Å². The van der Waals surface area contributed by atoms with Gasteiger partial charge in [-0.05, 0) is 14.1 Å². The van der Waals surface area contributed by atoms with Crippen LogP contribution in [0.1, 0.15) is 21.7 Å². The molecular formula is C11H29N3. The Balaban J connectivity index is 0. The van der Waals surface area contributed by atoms with Gasteiger partial charge in [0.25, 0.3) is 0 Å². The van der Waals surface area contributed by atoms with Crippen molar-refractivity contribution in [1.82, 2.24) is 15.1 Å². The summed E-state index contributed by atoms with van der Waals surface area (Å²) in [5, 5.41) is 3.17. The molecule has 88 valence electrons. The third-order valence-corrected chi connectivity index (χ3v) is 2.27. The predicted octanol–water partition coefficient (Wildman–Crippen LogP) is 1.12. The molecular weight excluding hydrogens is 174 g/mol. The predicted molar refractivity (Wildman–Crippen MR) is 65.9 cm³/mol. The zero-order valence-electron chi connectivity index (χ0n) is 10.3. The number of piperazine rings is 1. The van der Waals surface area contributed by atoms with Crippen molar-refractivity contribution in [3.05, 3.63) is 0 Å². The fourth-order valence-electron chi connectivity index (χ4n) is 1.34. The smallest absolute Gasteiger partial charge is 0.0110 e. The Morgan fingerprint density at radius 1 is 1.14 bits per heavy atom. The van der Waals surface area contributed by atoms with Gasteiger partial charge in [0.15, 0.2) is 0 Å². The van der Waals surface area contributed by atoms with Gasteiger partial charge < -0.3 is 10.2 Å². The van der Waals surface area contributed by atoms with Gasteiger partial charge in [0.05, 0.1) is 0 Å². The van der Waals surface area contributed by atoms with Crippen LogP contribution in [0.15, 0.2) is 0 Å². The SMILES string of the molecule is CCC.CNCCN1CCN(C)CC1.[HH]. The second kappa shape index (κ2) is 9.44. The second-order valence-corrected chi connectivity index (χ2v) is 3.96. The molecule has 0 unspecified atom stereocenters. The van der Waals surface area contributed by atoms with Crippen LogP contribution in [0, 0.1) is 0 Å². The molecule has 0 aromatic rings. The minimum absolute atomic E-state index is 0. The summed E-state index contributed by atoms with van der Waals surface area (Å²) in [6.07, 6.45) is 1.25. The number of nitrogens with zero attached hydrogens (tertiary/aromatic N) is 2. The highest BCUT2D eigenvalue weighted by Gasteiger charge is 2.11. The highest BCUT2D eigenvalue weighted by Crippen LogP contribution is 1.96. The van der Waals surface area contributed by atoms with E-state index in [1.54, 1.807) is 0 Å². The molecule has 0 spiro atoms. The molecule has 1 aliphatic heterocycles. The summed E-state index contributed by atoms with van der Waals surface area (Å²) < 4.78 is 0. The maximum atomic E-state index is 3.17. The standard InChI is InChI=1S/C8H19N3.C3H8.H2/c1-9-3-4-11-7-5-10(2)6-8-11;1-3-2;/h9H,3-8H2,1-2H3;3H2,1-2H3;1H. The maximum Gasteiger partial charge on any atom is 0.0110 e. The van der Waals surface area contributed by atoms with E-state index < -0.39 is 0 Å². The van der Waals surface area contributed by atoms with Gasteiger partial charge in [-0.1, -0.05) is 20.3 Å². The number of hydrogen-bond acceptors (Lipinski definition) is 3. The molecule has 14 heavy (non-hydrogen) atoms. The molecule has 3 nitrogen and oxygen atoms in total. The monoisotopic (exact) mass is 203 g/mol. The van der Waals surface area contributed by atoms with E-state index in [-0.39, 0.29) is 1.43 Å². The molecule has 1 rings (SSSR count). The van der Waals surface area contributed by atoms with Crippen LogP contribution >= 0.6 is 0 Å². The van der Waals surface area contributed by atoms with Crippen molar-refractivity contribution in [2.45, 2.75) is 20.3 Å². The molecule has 0 saturated carbocycles. The molecule has 0 radical (unpaired) electrons. The van der Waals surface area contributed by atoms with E-state index in [1.165, 1.54) is 39.1 Å². The van der Waals surface area contributed by atoms with E-state index >= 15 is 0 Å². The summed E-state index contributed by atoms with van der Waals surface area (Å²) in [4.78, 5) is 4.90. The first-order valence-electron chi connectivity index (χ1n) is 5.80. The van der Waals surface area contributed by atoms with Crippen LogP contribution in [-0.4, -0.2) is 63.2 Å². The first kappa shape index (κ1) is 13.9. The lowest BCUT2D eigenvalue weighted by molar-refractivity contribution is 0.155. The Morgan fingerprint density at radius 2 is 1.64 bits per heavy atom. The van der Waals surface area contributed by atoms with Crippen molar-refractivity contribution >= 4 is 0 Å². The molecule has 0 aromatic carbocycles. The van der Waals surface area contributed by atoms with E-state index in [0.29, 0.717) is 0 Å². The number of likely N-dealkylation sites (N-methyl/N-ethyl adjacent to an activating group) is 2. The zero-order chi connectivity index (χ0) is 10.8. The van der Waals surface area contributed by atoms with Crippen molar-refractivity contribution < 1.29 is 1.43 Å². The second-order valence-electron chi connectivity index (χ2n) is 3.96. The van der Waals surface area contributed by atoms with Crippen LogP contribution in [0.5, 0.6) is 0 Å². The average molecular weight is 203 g/mol. The fourth-order valence-corrected chi connectivity index (χ4v) is 1.34. The lowest BCUT2D eigenvalue weighted by atomic mass is 10.3. The zero-order valence-corrected chi connectivity index (χ0v) is 10.3. The van der Waals surface area contributed by atoms with E-state index in [2.05, 4.69) is 36.0 Å². The van der Waals surface area contributed by atoms with Gasteiger partial charge in [-0.15, -0.1) is 0 Å². The van der Waals surface area contributed by atoms with Gasteiger partial charge in [0.2, 0.25) is 0 Å². The van der Waals surface area contributed by atoms with Crippen LogP contribution < -0.4 is 5.32 Å². The molecule has 0 aromatic heterocycles. The molecule has 1 saturated heterocycles. The molecule has 1 aliphatic rings. The molecule has 1 fully saturated rings. The lowest BCUT2D eigenvalue weighted by Crippen LogP contribution is -2.46. The third kappa shape index (κ3) is 7.30. The highest BCUT2D eigenvalue weighted by atomic mass is 15.2. The lowest BCUT2D eigenvalue weighted by Gasteiger charge is -2.32. The van der Waals surface area contributed by atoms with Gasteiger partial charge in [0, 0.05) is 40.7 Å². The molecule has 3 heteroatoms. The van der Waals surface area contributed by atoms with Gasteiger partial charge in [-0.25, -0.2) is 0 Å². The normalized spacial score (nSPS) is 18.9. The van der Waals surface area contributed by atoms with Gasteiger partial charge in [-0.3, -0.25) is 4.90 Å². The largest absolute Gasteiger partial charge is 0.318 e. The quantitative estimate of drug-likeness (QED) is 0.741. The number of nitrogens with one attached hydrogen (secondary N) is 1. The average Bonchev–Trinajstić information content (AvgIpc) is 2.18. The van der Waals surface area contributed by atoms with E-state index in [4.69, 9.17) is 0 Å². The Hall–Kier alpha value is -0.120.